The van der Waals surface area contributed by atoms with Crippen molar-refractivity contribution in [3.63, 3.8) is 0 Å². The number of rotatable bonds is 8. The molecule has 0 aliphatic carbocycles. The minimum atomic E-state index is -0.639. The molecule has 114 valence electrons. The van der Waals surface area contributed by atoms with Gasteiger partial charge in [0.05, 0.1) is 19.3 Å². The summed E-state index contributed by atoms with van der Waals surface area (Å²) in [6.07, 6.45) is -0.639. The van der Waals surface area contributed by atoms with Gasteiger partial charge in [-0.3, -0.25) is 0 Å². The minimum absolute atomic E-state index is 0.0638. The molecule has 0 spiro atoms. The average molecular weight is 281 g/mol. The van der Waals surface area contributed by atoms with Crippen LogP contribution in [0.15, 0.2) is 18.2 Å². The lowest BCUT2D eigenvalue weighted by Gasteiger charge is -2.25. The van der Waals surface area contributed by atoms with E-state index in [1.165, 1.54) is 0 Å². The van der Waals surface area contributed by atoms with Crippen LogP contribution < -0.4 is 14.8 Å². The van der Waals surface area contributed by atoms with Gasteiger partial charge in [-0.2, -0.15) is 0 Å². The van der Waals surface area contributed by atoms with E-state index in [1.807, 2.05) is 39.0 Å². The second kappa shape index (κ2) is 8.12. The Morgan fingerprint density at radius 2 is 1.75 bits per heavy atom. The third-order valence-electron chi connectivity index (χ3n) is 2.98. The van der Waals surface area contributed by atoms with E-state index in [1.54, 1.807) is 0 Å². The lowest BCUT2D eigenvalue weighted by molar-refractivity contribution is 0.127. The van der Waals surface area contributed by atoms with Crippen LogP contribution in [-0.4, -0.2) is 30.4 Å². The molecule has 0 saturated heterocycles. The molecule has 0 heterocycles. The number of benzene rings is 1. The number of ether oxygens (including phenoxy) is 2. The van der Waals surface area contributed by atoms with Crippen LogP contribution in [0.3, 0.4) is 0 Å². The van der Waals surface area contributed by atoms with Crippen molar-refractivity contribution in [2.75, 3.05) is 13.2 Å². The van der Waals surface area contributed by atoms with Gasteiger partial charge in [0.15, 0.2) is 0 Å². The van der Waals surface area contributed by atoms with Crippen LogP contribution in [0.4, 0.5) is 0 Å². The molecule has 1 rings (SSSR count). The quantitative estimate of drug-likeness (QED) is 0.769. The summed E-state index contributed by atoms with van der Waals surface area (Å²) in [6.45, 7) is 11.1. The zero-order chi connectivity index (χ0) is 15.1. The first-order chi connectivity index (χ1) is 9.49. The van der Waals surface area contributed by atoms with Crippen LogP contribution in [0.1, 0.15) is 46.3 Å². The van der Waals surface area contributed by atoms with Crippen molar-refractivity contribution in [3.05, 3.63) is 23.8 Å². The first kappa shape index (κ1) is 16.8. The summed E-state index contributed by atoms with van der Waals surface area (Å²) < 4.78 is 11.1. The van der Waals surface area contributed by atoms with Gasteiger partial charge in [0.1, 0.15) is 11.5 Å². The Kier molecular flexibility index (Phi) is 6.82. The predicted octanol–water partition coefficient (Wildman–Crippen LogP) is 2.90. The smallest absolute Gasteiger partial charge is 0.125 e. The van der Waals surface area contributed by atoms with Crippen LogP contribution in [0.5, 0.6) is 11.5 Å². The first-order valence-electron chi connectivity index (χ1n) is 7.33. The molecule has 2 N–H and O–H groups in total. The molecule has 4 nitrogen and oxygen atoms in total. The first-order valence-corrected chi connectivity index (χ1v) is 7.33. The van der Waals surface area contributed by atoms with Crippen LogP contribution in [-0.2, 0) is 0 Å². The standard InChI is InChI=1S/C16H27NO3/c1-6-19-13-8-9-15(20-7-2)14(10-13)16(18)12(5)17-11(3)4/h8-12,16-18H,6-7H2,1-5H3. The molecule has 2 unspecified atom stereocenters. The Morgan fingerprint density at radius 3 is 2.30 bits per heavy atom. The van der Waals surface area contributed by atoms with Gasteiger partial charge in [-0.25, -0.2) is 0 Å². The van der Waals surface area contributed by atoms with Crippen molar-refractivity contribution in [1.82, 2.24) is 5.32 Å². The van der Waals surface area contributed by atoms with Gasteiger partial charge in [-0.05, 0) is 39.0 Å². The van der Waals surface area contributed by atoms with E-state index in [0.717, 1.165) is 11.3 Å². The van der Waals surface area contributed by atoms with E-state index in [-0.39, 0.29) is 6.04 Å². The van der Waals surface area contributed by atoms with Crippen molar-refractivity contribution < 1.29 is 14.6 Å². The molecule has 0 aliphatic heterocycles. The van der Waals surface area contributed by atoms with E-state index >= 15 is 0 Å². The molecule has 2 atom stereocenters. The fourth-order valence-corrected chi connectivity index (χ4v) is 2.19. The Morgan fingerprint density at radius 1 is 1.10 bits per heavy atom. The molecule has 1 aromatic rings. The number of nitrogens with one attached hydrogen (secondary N) is 1. The Hall–Kier alpha value is -1.26. The SMILES string of the molecule is CCOc1ccc(OCC)c(C(O)C(C)NC(C)C)c1. The molecular formula is C16H27NO3. The average Bonchev–Trinajstić information content (AvgIpc) is 2.39. The topological polar surface area (TPSA) is 50.7 Å². The fraction of sp³-hybridized carbons (Fsp3) is 0.625. The second-order valence-electron chi connectivity index (χ2n) is 5.12. The van der Waals surface area contributed by atoms with Crippen molar-refractivity contribution in [1.29, 1.82) is 0 Å². The zero-order valence-corrected chi connectivity index (χ0v) is 13.1. The Balaban J connectivity index is 3.00. The zero-order valence-electron chi connectivity index (χ0n) is 13.1. The summed E-state index contributed by atoms with van der Waals surface area (Å²) in [5, 5.41) is 13.9. The maximum absolute atomic E-state index is 10.5. The summed E-state index contributed by atoms with van der Waals surface area (Å²) in [4.78, 5) is 0. The molecule has 0 amide bonds. The van der Waals surface area contributed by atoms with Gasteiger partial charge < -0.3 is 19.9 Å². The van der Waals surface area contributed by atoms with Crippen molar-refractivity contribution >= 4 is 0 Å². The summed E-state index contributed by atoms with van der Waals surface area (Å²) in [5.74, 6) is 1.46. The minimum Gasteiger partial charge on any atom is -0.494 e. The van der Waals surface area contributed by atoms with Gasteiger partial charge in [0, 0.05) is 17.6 Å². The lowest BCUT2D eigenvalue weighted by atomic mass is 10.0. The molecule has 0 aliphatic rings. The van der Waals surface area contributed by atoms with Crippen LogP contribution in [0.25, 0.3) is 0 Å². The molecule has 1 aromatic carbocycles. The molecule has 20 heavy (non-hydrogen) atoms. The van der Waals surface area contributed by atoms with Gasteiger partial charge in [0.25, 0.3) is 0 Å². The molecule has 0 bridgehead atoms. The van der Waals surface area contributed by atoms with Gasteiger partial charge in [-0.1, -0.05) is 13.8 Å². The van der Waals surface area contributed by atoms with Crippen molar-refractivity contribution in [3.8, 4) is 11.5 Å². The van der Waals surface area contributed by atoms with Gasteiger partial charge >= 0.3 is 0 Å². The van der Waals surface area contributed by atoms with E-state index in [4.69, 9.17) is 9.47 Å². The van der Waals surface area contributed by atoms with E-state index < -0.39 is 6.10 Å². The Labute approximate surface area is 122 Å². The van der Waals surface area contributed by atoms with Crippen LogP contribution in [0.2, 0.25) is 0 Å². The monoisotopic (exact) mass is 281 g/mol. The number of hydrogen-bond donors (Lipinski definition) is 2. The van der Waals surface area contributed by atoms with Crippen molar-refractivity contribution in [2.24, 2.45) is 0 Å². The molecule has 0 aromatic heterocycles. The summed E-state index contributed by atoms with van der Waals surface area (Å²) in [7, 11) is 0. The summed E-state index contributed by atoms with van der Waals surface area (Å²) in [6, 6.07) is 5.83. The maximum atomic E-state index is 10.5. The maximum Gasteiger partial charge on any atom is 0.125 e. The molecule has 0 saturated carbocycles. The largest absolute Gasteiger partial charge is 0.494 e. The number of aliphatic hydroxyl groups excluding tert-OH is 1. The molecule has 0 fully saturated rings. The number of hydrogen-bond acceptors (Lipinski definition) is 4. The fourth-order valence-electron chi connectivity index (χ4n) is 2.19. The lowest BCUT2D eigenvalue weighted by Crippen LogP contribution is -2.37. The highest BCUT2D eigenvalue weighted by Crippen LogP contribution is 2.31. The third kappa shape index (κ3) is 4.69. The molecule has 0 radical (unpaired) electrons. The Bertz CT molecular complexity index is 407. The third-order valence-corrected chi connectivity index (χ3v) is 2.98. The normalized spacial score (nSPS) is 14.2. The highest BCUT2D eigenvalue weighted by atomic mass is 16.5. The summed E-state index contributed by atoms with van der Waals surface area (Å²) in [5.41, 5.74) is 0.762. The van der Waals surface area contributed by atoms with Crippen molar-refractivity contribution in [2.45, 2.75) is 52.8 Å². The van der Waals surface area contributed by atoms with Crippen LogP contribution >= 0.6 is 0 Å². The second-order valence-corrected chi connectivity index (χ2v) is 5.12. The highest BCUT2D eigenvalue weighted by Gasteiger charge is 2.21. The van der Waals surface area contributed by atoms with Gasteiger partial charge in [-0.15, -0.1) is 0 Å². The predicted molar refractivity (Wildman–Crippen MR) is 81.5 cm³/mol. The van der Waals surface area contributed by atoms with Gasteiger partial charge in [0.2, 0.25) is 0 Å². The van der Waals surface area contributed by atoms with E-state index in [0.29, 0.717) is 25.0 Å². The molecule has 4 heteroatoms. The molecular weight excluding hydrogens is 254 g/mol. The number of aliphatic hydroxyl groups is 1. The van der Waals surface area contributed by atoms with E-state index in [9.17, 15) is 5.11 Å². The highest BCUT2D eigenvalue weighted by molar-refractivity contribution is 5.42. The summed E-state index contributed by atoms with van der Waals surface area (Å²) >= 11 is 0. The van der Waals surface area contributed by atoms with Crippen LogP contribution in [0, 0.1) is 0 Å². The van der Waals surface area contributed by atoms with E-state index in [2.05, 4.69) is 19.2 Å².